The van der Waals surface area contributed by atoms with Crippen molar-refractivity contribution in [1.29, 1.82) is 0 Å². The molecule has 92 valence electrons. The highest BCUT2D eigenvalue weighted by atomic mass is 35.5. The SMILES string of the molecule is CCN1C=CN(CC(=O)c2ccccc2)C1.Cl. The second-order valence-electron chi connectivity index (χ2n) is 3.88. The predicted octanol–water partition coefficient (Wildman–Crippen LogP) is 2.36. The summed E-state index contributed by atoms with van der Waals surface area (Å²) in [6.45, 7) is 4.35. The standard InChI is InChI=1S/C13H16N2O.ClH/c1-2-14-8-9-15(11-14)10-13(16)12-6-4-3-5-7-12;/h3-9H,2,10-11H2,1H3;1H. The third-order valence-corrected chi connectivity index (χ3v) is 2.70. The number of hydrogen-bond donors (Lipinski definition) is 0. The van der Waals surface area contributed by atoms with Crippen LogP contribution in [0.4, 0.5) is 0 Å². The Hall–Kier alpha value is -1.48. The molecule has 0 unspecified atom stereocenters. The van der Waals surface area contributed by atoms with Crippen LogP contribution in [-0.4, -0.2) is 35.3 Å². The highest BCUT2D eigenvalue weighted by Gasteiger charge is 2.14. The average molecular weight is 253 g/mol. The molecule has 0 aromatic heterocycles. The molecule has 0 bridgehead atoms. The van der Waals surface area contributed by atoms with Crippen molar-refractivity contribution >= 4 is 18.2 Å². The summed E-state index contributed by atoms with van der Waals surface area (Å²) in [5, 5.41) is 0. The Kier molecular flexibility index (Phi) is 5.04. The first-order valence-electron chi connectivity index (χ1n) is 5.54. The first-order valence-corrected chi connectivity index (χ1v) is 5.54. The van der Waals surface area contributed by atoms with Gasteiger partial charge in [0.25, 0.3) is 0 Å². The zero-order chi connectivity index (χ0) is 11.4. The third kappa shape index (κ3) is 3.49. The second kappa shape index (κ2) is 6.30. The molecule has 0 saturated heterocycles. The molecular weight excluding hydrogens is 236 g/mol. The first kappa shape index (κ1) is 13.6. The van der Waals surface area contributed by atoms with E-state index >= 15 is 0 Å². The lowest BCUT2D eigenvalue weighted by Crippen LogP contribution is -2.29. The average Bonchev–Trinajstić information content (AvgIpc) is 2.78. The molecule has 17 heavy (non-hydrogen) atoms. The largest absolute Gasteiger partial charge is 0.359 e. The van der Waals surface area contributed by atoms with Crippen LogP contribution in [0.2, 0.25) is 0 Å². The minimum Gasteiger partial charge on any atom is -0.359 e. The van der Waals surface area contributed by atoms with Gasteiger partial charge in [-0.1, -0.05) is 30.3 Å². The molecule has 0 N–H and O–H groups in total. The highest BCUT2D eigenvalue weighted by Crippen LogP contribution is 2.08. The van der Waals surface area contributed by atoms with Gasteiger partial charge in [-0.2, -0.15) is 0 Å². The Bertz CT molecular complexity index is 392. The van der Waals surface area contributed by atoms with Crippen molar-refractivity contribution in [2.75, 3.05) is 19.8 Å². The van der Waals surface area contributed by atoms with Gasteiger partial charge in [0.1, 0.15) is 0 Å². The van der Waals surface area contributed by atoms with Gasteiger partial charge in [0.2, 0.25) is 0 Å². The van der Waals surface area contributed by atoms with E-state index < -0.39 is 0 Å². The van der Waals surface area contributed by atoms with E-state index in [1.54, 1.807) is 0 Å². The monoisotopic (exact) mass is 252 g/mol. The van der Waals surface area contributed by atoms with E-state index in [1.165, 1.54) is 0 Å². The lowest BCUT2D eigenvalue weighted by molar-refractivity contribution is 0.0946. The molecule has 0 amide bonds. The fourth-order valence-electron chi connectivity index (χ4n) is 1.72. The van der Waals surface area contributed by atoms with E-state index in [0.717, 1.165) is 18.8 Å². The topological polar surface area (TPSA) is 23.6 Å². The summed E-state index contributed by atoms with van der Waals surface area (Å²) in [6, 6.07) is 9.43. The maximum Gasteiger partial charge on any atom is 0.182 e. The van der Waals surface area contributed by atoms with Crippen LogP contribution in [0, 0.1) is 0 Å². The molecule has 0 saturated carbocycles. The Morgan fingerprint density at radius 1 is 1.18 bits per heavy atom. The zero-order valence-corrected chi connectivity index (χ0v) is 10.7. The van der Waals surface area contributed by atoms with Gasteiger partial charge < -0.3 is 9.80 Å². The molecule has 1 heterocycles. The highest BCUT2D eigenvalue weighted by molar-refractivity contribution is 5.97. The van der Waals surface area contributed by atoms with Crippen molar-refractivity contribution in [1.82, 2.24) is 9.80 Å². The van der Waals surface area contributed by atoms with Gasteiger partial charge in [-0.3, -0.25) is 4.79 Å². The minimum absolute atomic E-state index is 0. The van der Waals surface area contributed by atoms with Gasteiger partial charge in [0.15, 0.2) is 5.78 Å². The van der Waals surface area contributed by atoms with Gasteiger partial charge in [-0.05, 0) is 6.92 Å². The Balaban J connectivity index is 0.00000144. The van der Waals surface area contributed by atoms with Gasteiger partial charge in [0, 0.05) is 24.5 Å². The molecule has 0 atom stereocenters. The zero-order valence-electron chi connectivity index (χ0n) is 9.87. The normalized spacial score (nSPS) is 13.7. The van der Waals surface area contributed by atoms with Gasteiger partial charge >= 0.3 is 0 Å². The summed E-state index contributed by atoms with van der Waals surface area (Å²) in [5.41, 5.74) is 0.783. The summed E-state index contributed by atoms with van der Waals surface area (Å²) in [6.07, 6.45) is 4.00. The van der Waals surface area contributed by atoms with E-state index in [2.05, 4.69) is 11.8 Å². The summed E-state index contributed by atoms with van der Waals surface area (Å²) >= 11 is 0. The number of hydrogen-bond acceptors (Lipinski definition) is 3. The Morgan fingerprint density at radius 2 is 1.82 bits per heavy atom. The molecule has 0 radical (unpaired) electrons. The molecule has 1 aliphatic heterocycles. The van der Waals surface area contributed by atoms with Crippen LogP contribution in [0.15, 0.2) is 42.7 Å². The fraction of sp³-hybridized carbons (Fsp3) is 0.308. The number of nitrogens with zero attached hydrogens (tertiary/aromatic N) is 2. The fourth-order valence-corrected chi connectivity index (χ4v) is 1.72. The van der Waals surface area contributed by atoms with Crippen molar-refractivity contribution < 1.29 is 4.79 Å². The van der Waals surface area contributed by atoms with Crippen molar-refractivity contribution in [3.05, 3.63) is 48.3 Å². The number of halogens is 1. The molecule has 1 aromatic rings. The molecule has 4 heteroatoms. The summed E-state index contributed by atoms with van der Waals surface area (Å²) in [5.74, 6) is 0.170. The van der Waals surface area contributed by atoms with Gasteiger partial charge in [0.05, 0.1) is 13.2 Å². The van der Waals surface area contributed by atoms with Gasteiger partial charge in [-0.15, -0.1) is 12.4 Å². The number of benzene rings is 1. The molecule has 0 spiro atoms. The molecular formula is C13H17ClN2O. The Labute approximate surface area is 108 Å². The Morgan fingerprint density at radius 3 is 2.41 bits per heavy atom. The first-order chi connectivity index (χ1) is 7.79. The molecule has 0 fully saturated rings. The quantitative estimate of drug-likeness (QED) is 0.769. The van der Waals surface area contributed by atoms with E-state index in [1.807, 2.05) is 47.6 Å². The van der Waals surface area contributed by atoms with Crippen LogP contribution in [-0.2, 0) is 0 Å². The summed E-state index contributed by atoms with van der Waals surface area (Å²) in [4.78, 5) is 16.1. The van der Waals surface area contributed by atoms with Crippen LogP contribution in [0.5, 0.6) is 0 Å². The van der Waals surface area contributed by atoms with Crippen LogP contribution in [0.1, 0.15) is 17.3 Å². The molecule has 1 aliphatic rings. The van der Waals surface area contributed by atoms with Crippen molar-refractivity contribution in [3.63, 3.8) is 0 Å². The molecule has 3 nitrogen and oxygen atoms in total. The third-order valence-electron chi connectivity index (χ3n) is 2.70. The molecule has 2 rings (SSSR count). The summed E-state index contributed by atoms with van der Waals surface area (Å²) in [7, 11) is 0. The molecule has 0 aliphatic carbocycles. The number of Topliss-reactive ketones (excluding diaryl/α,β-unsaturated/α-hetero) is 1. The van der Waals surface area contributed by atoms with E-state index in [9.17, 15) is 4.79 Å². The van der Waals surface area contributed by atoms with E-state index in [-0.39, 0.29) is 18.2 Å². The number of carbonyl (C=O) groups is 1. The van der Waals surface area contributed by atoms with Crippen LogP contribution in [0.25, 0.3) is 0 Å². The van der Waals surface area contributed by atoms with Crippen LogP contribution >= 0.6 is 12.4 Å². The van der Waals surface area contributed by atoms with Crippen LogP contribution < -0.4 is 0 Å². The maximum atomic E-state index is 11.9. The number of carbonyl (C=O) groups excluding carboxylic acids is 1. The predicted molar refractivity (Wildman–Crippen MR) is 71.1 cm³/mol. The smallest absolute Gasteiger partial charge is 0.182 e. The van der Waals surface area contributed by atoms with Gasteiger partial charge in [-0.25, -0.2) is 0 Å². The van der Waals surface area contributed by atoms with Crippen molar-refractivity contribution in [2.45, 2.75) is 6.92 Å². The number of rotatable bonds is 4. The minimum atomic E-state index is 0. The van der Waals surface area contributed by atoms with Crippen molar-refractivity contribution in [3.8, 4) is 0 Å². The van der Waals surface area contributed by atoms with Crippen LogP contribution in [0.3, 0.4) is 0 Å². The number of ketones is 1. The van der Waals surface area contributed by atoms with E-state index in [4.69, 9.17) is 0 Å². The van der Waals surface area contributed by atoms with Crippen molar-refractivity contribution in [2.24, 2.45) is 0 Å². The lowest BCUT2D eigenvalue weighted by Gasteiger charge is -2.19. The maximum absolute atomic E-state index is 11.9. The van der Waals surface area contributed by atoms with E-state index in [0.29, 0.717) is 6.54 Å². The lowest BCUT2D eigenvalue weighted by atomic mass is 10.1. The molecule has 1 aromatic carbocycles. The second-order valence-corrected chi connectivity index (χ2v) is 3.88. The summed E-state index contributed by atoms with van der Waals surface area (Å²) < 4.78 is 0.